The van der Waals surface area contributed by atoms with Crippen LogP contribution in [0.2, 0.25) is 0 Å². The molecule has 3 atom stereocenters. The third-order valence-corrected chi connectivity index (χ3v) is 3.93. The minimum Gasteiger partial charge on any atom is -0.480 e. The number of likely N-dealkylation sites (tertiary alicyclic amines) is 1. The Morgan fingerprint density at radius 3 is 2.57 bits per heavy atom. The van der Waals surface area contributed by atoms with Crippen LogP contribution in [-0.4, -0.2) is 60.6 Å². The van der Waals surface area contributed by atoms with Gasteiger partial charge in [0.25, 0.3) is 0 Å². The van der Waals surface area contributed by atoms with Crippen LogP contribution in [0, 0.1) is 11.8 Å². The lowest BCUT2D eigenvalue weighted by Gasteiger charge is -2.26. The van der Waals surface area contributed by atoms with Crippen LogP contribution < -0.4 is 5.32 Å². The maximum absolute atomic E-state index is 11.6. The number of hydrogen-bond donors (Lipinski definition) is 2. The molecule has 0 spiro atoms. The molecule has 0 aliphatic carbocycles. The van der Waals surface area contributed by atoms with Crippen LogP contribution in [0.4, 0.5) is 0 Å². The number of nitrogens with one attached hydrogen (secondary N) is 1. The van der Waals surface area contributed by atoms with Gasteiger partial charge in [0.15, 0.2) is 0 Å². The molecule has 1 fully saturated rings. The molecule has 0 aromatic heterocycles. The zero-order valence-electron chi connectivity index (χ0n) is 12.8. The Balaban J connectivity index is 2.66. The highest BCUT2D eigenvalue weighted by atomic mass is 16.5. The number of rotatable bonds is 7. The van der Waals surface area contributed by atoms with Gasteiger partial charge in [0.1, 0.15) is 6.04 Å². The number of methoxy groups -OCH3 is 1. The summed E-state index contributed by atoms with van der Waals surface area (Å²) in [5, 5.41) is 12.1. The van der Waals surface area contributed by atoms with Crippen molar-refractivity contribution in [3.63, 3.8) is 0 Å². The van der Waals surface area contributed by atoms with Crippen LogP contribution in [0.25, 0.3) is 0 Å². The molecular formula is C14H24N2O5. The Morgan fingerprint density at radius 2 is 2.10 bits per heavy atom. The predicted molar refractivity (Wildman–Crippen MR) is 75.6 cm³/mol. The fourth-order valence-corrected chi connectivity index (χ4v) is 2.66. The van der Waals surface area contributed by atoms with Gasteiger partial charge in [-0.2, -0.15) is 0 Å². The number of carbonyl (C=O) groups is 3. The van der Waals surface area contributed by atoms with E-state index >= 15 is 0 Å². The molecule has 1 heterocycles. The van der Waals surface area contributed by atoms with Crippen LogP contribution in [0.3, 0.4) is 0 Å². The first-order chi connectivity index (χ1) is 9.88. The van der Waals surface area contributed by atoms with E-state index in [0.29, 0.717) is 19.6 Å². The normalized spacial score (nSPS) is 23.6. The minimum absolute atomic E-state index is 0.0999. The van der Waals surface area contributed by atoms with Crippen LogP contribution in [0.5, 0.6) is 0 Å². The minimum atomic E-state index is -0.921. The van der Waals surface area contributed by atoms with Crippen LogP contribution in [0.1, 0.15) is 26.7 Å². The van der Waals surface area contributed by atoms with Crippen molar-refractivity contribution >= 4 is 17.8 Å². The highest BCUT2D eigenvalue weighted by molar-refractivity contribution is 5.78. The summed E-state index contributed by atoms with van der Waals surface area (Å²) >= 11 is 0. The number of esters is 1. The second-order valence-corrected chi connectivity index (χ2v) is 5.48. The summed E-state index contributed by atoms with van der Waals surface area (Å²) in [5.41, 5.74) is 0. The maximum atomic E-state index is 11.6. The molecule has 0 aromatic rings. The first-order valence-corrected chi connectivity index (χ1v) is 7.18. The van der Waals surface area contributed by atoms with E-state index in [1.165, 1.54) is 14.0 Å². The molecule has 0 saturated carbocycles. The van der Waals surface area contributed by atoms with Crippen LogP contribution >= 0.6 is 0 Å². The maximum Gasteiger partial charge on any atom is 0.320 e. The van der Waals surface area contributed by atoms with Gasteiger partial charge in [-0.15, -0.1) is 0 Å². The summed E-state index contributed by atoms with van der Waals surface area (Å²) in [6.07, 6.45) is 1.10. The van der Waals surface area contributed by atoms with Gasteiger partial charge in [0.05, 0.1) is 13.0 Å². The topological polar surface area (TPSA) is 95.9 Å². The lowest BCUT2D eigenvalue weighted by atomic mass is 10.1. The molecule has 0 aromatic carbocycles. The zero-order valence-corrected chi connectivity index (χ0v) is 12.8. The highest BCUT2D eigenvalue weighted by Crippen LogP contribution is 2.26. The molecule has 21 heavy (non-hydrogen) atoms. The number of carbonyl (C=O) groups excluding carboxylic acids is 2. The summed E-state index contributed by atoms with van der Waals surface area (Å²) in [5.74, 6) is -1.62. The van der Waals surface area contributed by atoms with Crippen LogP contribution in [-0.2, 0) is 19.1 Å². The number of nitrogens with zero attached hydrogens (tertiary/aromatic N) is 1. The largest absolute Gasteiger partial charge is 0.480 e. The molecule has 7 heteroatoms. The number of ether oxygens (including phenoxy) is 1. The molecule has 1 saturated heterocycles. The standard InChI is InChI=1S/C14H24N2O5/c1-4-10(6-15-9(2)17)7-16-8-11(14(20)21-3)5-12(16)13(18)19/h10-12H,4-8H2,1-3H3,(H,15,17)(H,18,19)/t10?,11-,12-/m1/s1. The van der Waals surface area contributed by atoms with Gasteiger partial charge in [0, 0.05) is 26.6 Å². The average molecular weight is 300 g/mol. The Labute approximate surface area is 124 Å². The lowest BCUT2D eigenvalue weighted by Crippen LogP contribution is -2.41. The van der Waals surface area contributed by atoms with Gasteiger partial charge in [-0.3, -0.25) is 19.3 Å². The summed E-state index contributed by atoms with van der Waals surface area (Å²) in [6, 6.07) is -0.666. The molecule has 1 aliphatic rings. The number of carboxylic acid groups (broad SMARTS) is 1. The highest BCUT2D eigenvalue weighted by Gasteiger charge is 2.41. The molecule has 1 unspecified atom stereocenters. The number of aliphatic carboxylic acids is 1. The third-order valence-electron chi connectivity index (χ3n) is 3.93. The molecule has 0 bridgehead atoms. The van der Waals surface area contributed by atoms with Gasteiger partial charge in [-0.25, -0.2) is 0 Å². The molecule has 1 amide bonds. The lowest BCUT2D eigenvalue weighted by molar-refractivity contribution is -0.145. The first-order valence-electron chi connectivity index (χ1n) is 7.18. The SMILES string of the molecule is CCC(CNC(C)=O)CN1C[C@H](C(=O)OC)C[C@@H]1C(=O)O. The van der Waals surface area contributed by atoms with Gasteiger partial charge < -0.3 is 15.2 Å². The van der Waals surface area contributed by atoms with Crippen molar-refractivity contribution in [2.24, 2.45) is 11.8 Å². The smallest absolute Gasteiger partial charge is 0.320 e. The van der Waals surface area contributed by atoms with Gasteiger partial charge in [-0.1, -0.05) is 13.3 Å². The molecule has 1 aliphatic heterocycles. The Bertz CT molecular complexity index is 399. The molecule has 0 radical (unpaired) electrons. The predicted octanol–water partition coefficient (Wildman–Crippen LogP) is 0.0968. The Kier molecular flexibility index (Phi) is 6.61. The first kappa shape index (κ1) is 17.4. The summed E-state index contributed by atoms with van der Waals surface area (Å²) < 4.78 is 4.71. The van der Waals surface area contributed by atoms with Crippen molar-refractivity contribution in [1.82, 2.24) is 10.2 Å². The van der Waals surface area contributed by atoms with Gasteiger partial charge in [-0.05, 0) is 12.3 Å². The van der Waals surface area contributed by atoms with E-state index in [0.717, 1.165) is 6.42 Å². The van der Waals surface area contributed by atoms with E-state index < -0.39 is 17.9 Å². The van der Waals surface area contributed by atoms with Crippen LogP contribution in [0.15, 0.2) is 0 Å². The quantitative estimate of drug-likeness (QED) is 0.647. The average Bonchev–Trinajstić information content (AvgIpc) is 2.86. The number of hydrogen-bond acceptors (Lipinski definition) is 5. The number of amides is 1. The summed E-state index contributed by atoms with van der Waals surface area (Å²) in [4.78, 5) is 35.7. The molecule has 2 N–H and O–H groups in total. The van der Waals surface area contributed by atoms with Crippen molar-refractivity contribution in [3.8, 4) is 0 Å². The molecular weight excluding hydrogens is 276 g/mol. The fourth-order valence-electron chi connectivity index (χ4n) is 2.66. The zero-order chi connectivity index (χ0) is 16.0. The van der Waals surface area contributed by atoms with E-state index in [9.17, 15) is 19.5 Å². The van der Waals surface area contributed by atoms with Gasteiger partial charge >= 0.3 is 11.9 Å². The number of carboxylic acids is 1. The molecule has 1 rings (SSSR count). The van der Waals surface area contributed by atoms with Crippen molar-refractivity contribution in [2.75, 3.05) is 26.7 Å². The monoisotopic (exact) mass is 300 g/mol. The second-order valence-electron chi connectivity index (χ2n) is 5.48. The third kappa shape index (κ3) is 5.00. The van der Waals surface area contributed by atoms with E-state index in [2.05, 4.69) is 5.32 Å². The summed E-state index contributed by atoms with van der Waals surface area (Å²) in [7, 11) is 1.31. The molecule has 7 nitrogen and oxygen atoms in total. The van der Waals surface area contributed by atoms with E-state index in [1.807, 2.05) is 6.92 Å². The van der Waals surface area contributed by atoms with E-state index in [-0.39, 0.29) is 24.2 Å². The summed E-state index contributed by atoms with van der Waals surface area (Å²) in [6.45, 7) is 4.89. The Hall–Kier alpha value is -1.63. The van der Waals surface area contributed by atoms with E-state index in [1.54, 1.807) is 4.90 Å². The van der Waals surface area contributed by atoms with E-state index in [4.69, 9.17) is 4.74 Å². The van der Waals surface area contributed by atoms with Crippen molar-refractivity contribution in [3.05, 3.63) is 0 Å². The second kappa shape index (κ2) is 7.97. The van der Waals surface area contributed by atoms with Crippen molar-refractivity contribution < 1.29 is 24.2 Å². The van der Waals surface area contributed by atoms with Gasteiger partial charge in [0.2, 0.25) is 5.91 Å². The van der Waals surface area contributed by atoms with Crippen molar-refractivity contribution in [1.29, 1.82) is 0 Å². The Morgan fingerprint density at radius 1 is 1.43 bits per heavy atom. The fraction of sp³-hybridized carbons (Fsp3) is 0.786. The molecule has 120 valence electrons. The van der Waals surface area contributed by atoms with Crippen molar-refractivity contribution in [2.45, 2.75) is 32.7 Å².